The topological polar surface area (TPSA) is 47.0 Å². The Labute approximate surface area is 114 Å². The van der Waals surface area contributed by atoms with E-state index in [2.05, 4.69) is 29.1 Å². The Morgan fingerprint density at radius 3 is 2.50 bits per heavy atom. The summed E-state index contributed by atoms with van der Waals surface area (Å²) in [5.74, 6) is 2.15. The Hall–Kier alpha value is -1.03. The monoisotopic (exact) mass is 271 g/mol. The van der Waals surface area contributed by atoms with Crippen molar-refractivity contribution in [2.24, 2.45) is 5.92 Å². The van der Waals surface area contributed by atoms with Gasteiger partial charge >= 0.3 is 0 Å². The third kappa shape index (κ3) is 4.69. The van der Waals surface area contributed by atoms with Crippen LogP contribution in [0.1, 0.15) is 33.4 Å². The van der Waals surface area contributed by atoms with E-state index >= 15 is 0 Å². The fourth-order valence-corrected chi connectivity index (χ4v) is 1.65. The zero-order chi connectivity index (χ0) is 13.7. The van der Waals surface area contributed by atoms with Gasteiger partial charge in [-0.25, -0.2) is 4.98 Å². The summed E-state index contributed by atoms with van der Waals surface area (Å²) in [4.78, 5) is 8.70. The highest BCUT2D eigenvalue weighted by Gasteiger charge is 2.13. The summed E-state index contributed by atoms with van der Waals surface area (Å²) in [6.07, 6.45) is 0.103. The molecule has 0 amide bonds. The molecule has 1 aromatic rings. The molecule has 0 aliphatic carbocycles. The number of ether oxygens (including phenoxy) is 1. The van der Waals surface area contributed by atoms with E-state index in [4.69, 9.17) is 16.3 Å². The number of hydrogen-bond acceptors (Lipinski definition) is 4. The molecule has 4 nitrogen and oxygen atoms in total. The van der Waals surface area contributed by atoms with Crippen LogP contribution in [0.4, 0.5) is 5.95 Å². The fraction of sp³-hybridized carbons (Fsp3) is 0.692. The summed E-state index contributed by atoms with van der Waals surface area (Å²) < 4.78 is 5.59. The van der Waals surface area contributed by atoms with Crippen molar-refractivity contribution in [3.63, 3.8) is 0 Å². The van der Waals surface area contributed by atoms with Gasteiger partial charge in [0.15, 0.2) is 0 Å². The molecule has 0 saturated carbocycles. The van der Waals surface area contributed by atoms with Crippen molar-refractivity contribution in [3.8, 4) is 5.88 Å². The molecule has 0 aromatic carbocycles. The average molecular weight is 272 g/mol. The molecular formula is C13H22ClN3O. The maximum absolute atomic E-state index is 5.84. The van der Waals surface area contributed by atoms with E-state index in [1.165, 1.54) is 0 Å². The van der Waals surface area contributed by atoms with Crippen molar-refractivity contribution >= 4 is 17.5 Å². The fourth-order valence-electron chi connectivity index (χ4n) is 1.39. The van der Waals surface area contributed by atoms with Gasteiger partial charge in [0.25, 0.3) is 0 Å². The van der Waals surface area contributed by atoms with Crippen molar-refractivity contribution in [1.82, 2.24) is 9.97 Å². The number of anilines is 1. The van der Waals surface area contributed by atoms with Gasteiger partial charge in [0.1, 0.15) is 0 Å². The van der Waals surface area contributed by atoms with Crippen molar-refractivity contribution in [1.29, 1.82) is 0 Å². The first-order valence-electron chi connectivity index (χ1n) is 6.27. The van der Waals surface area contributed by atoms with Crippen molar-refractivity contribution < 1.29 is 4.74 Å². The lowest BCUT2D eigenvalue weighted by molar-refractivity contribution is 0.232. The largest absolute Gasteiger partial charge is 0.475 e. The van der Waals surface area contributed by atoms with Gasteiger partial charge in [-0.1, -0.05) is 6.92 Å². The van der Waals surface area contributed by atoms with Crippen LogP contribution in [0.25, 0.3) is 0 Å². The number of hydrogen-bond donors (Lipinski definition) is 1. The SMILES string of the molecule is Cc1cc(OC(C)C)nc(NC(C)C(C)CCl)n1. The van der Waals surface area contributed by atoms with Gasteiger partial charge < -0.3 is 10.1 Å². The molecule has 0 radical (unpaired) electrons. The van der Waals surface area contributed by atoms with Gasteiger partial charge in [-0.15, -0.1) is 11.6 Å². The molecule has 1 aromatic heterocycles. The predicted octanol–water partition coefficient (Wildman–Crippen LogP) is 3.25. The number of rotatable bonds is 6. The highest BCUT2D eigenvalue weighted by molar-refractivity contribution is 6.18. The Kier molecular flexibility index (Phi) is 5.66. The van der Waals surface area contributed by atoms with E-state index in [1.807, 2.05) is 26.8 Å². The Balaban J connectivity index is 2.79. The molecule has 2 atom stereocenters. The maximum atomic E-state index is 5.84. The number of nitrogens with zero attached hydrogens (tertiary/aromatic N) is 2. The maximum Gasteiger partial charge on any atom is 0.226 e. The van der Waals surface area contributed by atoms with Crippen LogP contribution in [0, 0.1) is 12.8 Å². The Bertz CT molecular complexity index is 384. The van der Waals surface area contributed by atoms with Crippen molar-refractivity contribution in [2.75, 3.05) is 11.2 Å². The third-order valence-electron chi connectivity index (χ3n) is 2.64. The summed E-state index contributed by atoms with van der Waals surface area (Å²) in [5, 5.41) is 3.26. The molecule has 1 rings (SSSR count). The standard InChI is InChI=1S/C13H22ClN3O/c1-8(2)18-12-6-10(4)15-13(17-12)16-11(5)9(3)7-14/h6,8-9,11H,7H2,1-5H3,(H,15,16,17). The molecule has 1 heterocycles. The van der Waals surface area contributed by atoms with E-state index in [1.54, 1.807) is 0 Å². The lowest BCUT2D eigenvalue weighted by Gasteiger charge is -2.19. The molecule has 0 aliphatic rings. The van der Waals surface area contributed by atoms with Crippen LogP contribution in [-0.2, 0) is 0 Å². The Morgan fingerprint density at radius 2 is 1.94 bits per heavy atom. The molecule has 0 fully saturated rings. The quantitative estimate of drug-likeness (QED) is 0.807. The number of aryl methyl sites for hydroxylation is 1. The van der Waals surface area contributed by atoms with Gasteiger partial charge in [-0.2, -0.15) is 4.98 Å². The van der Waals surface area contributed by atoms with Crippen LogP contribution in [0.2, 0.25) is 0 Å². The summed E-state index contributed by atoms with van der Waals surface area (Å²) >= 11 is 5.84. The zero-order valence-corrected chi connectivity index (χ0v) is 12.5. The van der Waals surface area contributed by atoms with Crippen LogP contribution < -0.4 is 10.1 Å². The third-order valence-corrected chi connectivity index (χ3v) is 3.13. The second kappa shape index (κ2) is 6.78. The molecule has 2 unspecified atom stereocenters. The minimum Gasteiger partial charge on any atom is -0.475 e. The summed E-state index contributed by atoms with van der Waals surface area (Å²) in [5.41, 5.74) is 0.883. The number of halogens is 1. The number of aromatic nitrogens is 2. The normalized spacial score (nSPS) is 14.4. The minimum atomic E-state index is 0.103. The van der Waals surface area contributed by atoms with E-state index < -0.39 is 0 Å². The molecule has 18 heavy (non-hydrogen) atoms. The van der Waals surface area contributed by atoms with Gasteiger partial charge in [0, 0.05) is 23.7 Å². The second-order valence-corrected chi connectivity index (χ2v) is 5.21. The molecule has 1 N–H and O–H groups in total. The summed E-state index contributed by atoms with van der Waals surface area (Å²) in [6, 6.07) is 2.05. The summed E-state index contributed by atoms with van der Waals surface area (Å²) in [6.45, 7) is 10.0. The second-order valence-electron chi connectivity index (χ2n) is 4.90. The molecule has 0 spiro atoms. The first-order chi connectivity index (χ1) is 8.42. The van der Waals surface area contributed by atoms with Gasteiger partial charge in [0.2, 0.25) is 11.8 Å². The zero-order valence-electron chi connectivity index (χ0n) is 11.7. The molecule has 0 aliphatic heterocycles. The van der Waals surface area contributed by atoms with Crippen LogP contribution >= 0.6 is 11.6 Å². The van der Waals surface area contributed by atoms with Crippen molar-refractivity contribution in [3.05, 3.63) is 11.8 Å². The lowest BCUT2D eigenvalue weighted by Crippen LogP contribution is -2.26. The molecule has 102 valence electrons. The van der Waals surface area contributed by atoms with E-state index in [9.17, 15) is 0 Å². The molecule has 0 bridgehead atoms. The summed E-state index contributed by atoms with van der Waals surface area (Å²) in [7, 11) is 0. The predicted molar refractivity (Wildman–Crippen MR) is 75.5 cm³/mol. The van der Waals surface area contributed by atoms with Crippen LogP contribution in [0.15, 0.2) is 6.07 Å². The highest BCUT2D eigenvalue weighted by atomic mass is 35.5. The molecule has 0 saturated heterocycles. The highest BCUT2D eigenvalue weighted by Crippen LogP contribution is 2.16. The van der Waals surface area contributed by atoms with Gasteiger partial charge in [-0.3, -0.25) is 0 Å². The molecule has 5 heteroatoms. The smallest absolute Gasteiger partial charge is 0.226 e. The van der Waals surface area contributed by atoms with E-state index in [0.717, 1.165) is 5.69 Å². The van der Waals surface area contributed by atoms with E-state index in [-0.39, 0.29) is 12.1 Å². The van der Waals surface area contributed by atoms with Crippen LogP contribution in [0.5, 0.6) is 5.88 Å². The van der Waals surface area contributed by atoms with Crippen LogP contribution in [0.3, 0.4) is 0 Å². The minimum absolute atomic E-state index is 0.103. The molecular weight excluding hydrogens is 250 g/mol. The average Bonchev–Trinajstić information content (AvgIpc) is 2.25. The Morgan fingerprint density at radius 1 is 1.28 bits per heavy atom. The van der Waals surface area contributed by atoms with Crippen LogP contribution in [-0.4, -0.2) is 28.0 Å². The first kappa shape index (κ1) is 15.0. The van der Waals surface area contributed by atoms with Crippen molar-refractivity contribution in [2.45, 2.75) is 46.8 Å². The number of nitrogens with one attached hydrogen (secondary N) is 1. The lowest BCUT2D eigenvalue weighted by atomic mass is 10.1. The number of alkyl halides is 1. The van der Waals surface area contributed by atoms with E-state index in [0.29, 0.717) is 23.6 Å². The first-order valence-corrected chi connectivity index (χ1v) is 6.80. The van der Waals surface area contributed by atoms with Gasteiger partial charge in [0.05, 0.1) is 6.10 Å². The van der Waals surface area contributed by atoms with Gasteiger partial charge in [-0.05, 0) is 33.6 Å².